The van der Waals surface area contributed by atoms with Crippen molar-refractivity contribution in [1.29, 1.82) is 0 Å². The molecule has 0 aromatic heterocycles. The third kappa shape index (κ3) is 4.44. The molecule has 162 valence electrons. The van der Waals surface area contributed by atoms with Gasteiger partial charge in [-0.05, 0) is 28.3 Å². The highest BCUT2D eigenvalue weighted by molar-refractivity contribution is 5.90. The first kappa shape index (κ1) is 21.0. The number of nitro groups is 1. The summed E-state index contributed by atoms with van der Waals surface area (Å²) in [5.74, 6) is -0.747. The average Bonchev–Trinajstić information content (AvgIpc) is 3.14. The molecule has 1 amide bonds. The van der Waals surface area contributed by atoms with E-state index in [4.69, 9.17) is 9.47 Å². The van der Waals surface area contributed by atoms with Gasteiger partial charge in [-0.25, -0.2) is 9.59 Å². The molecule has 32 heavy (non-hydrogen) atoms. The number of nitrogens with one attached hydrogen (secondary N) is 1. The molecule has 3 aromatic carbocycles. The maximum Gasteiger partial charge on any atom is 0.407 e. The summed E-state index contributed by atoms with van der Waals surface area (Å²) in [7, 11) is 0. The number of hydrogen-bond donors (Lipinski definition) is 1. The molecule has 0 saturated heterocycles. The molecule has 0 unspecified atom stereocenters. The summed E-state index contributed by atoms with van der Waals surface area (Å²) in [6.45, 7) is 0.149. The van der Waals surface area contributed by atoms with Gasteiger partial charge in [-0.3, -0.25) is 10.1 Å². The summed E-state index contributed by atoms with van der Waals surface area (Å²) in [6.07, 6.45) is -0.613. The van der Waals surface area contributed by atoms with Gasteiger partial charge >= 0.3 is 12.1 Å². The first-order valence-electron chi connectivity index (χ1n) is 10.0. The molecule has 3 aromatic rings. The molecule has 1 N–H and O–H groups in total. The van der Waals surface area contributed by atoms with Crippen LogP contribution in [0.2, 0.25) is 0 Å². The number of esters is 1. The Balaban J connectivity index is 1.25. The highest BCUT2D eigenvalue weighted by Crippen LogP contribution is 2.44. The second-order valence-electron chi connectivity index (χ2n) is 7.20. The van der Waals surface area contributed by atoms with Crippen LogP contribution in [0.15, 0.2) is 72.8 Å². The number of rotatable bonds is 7. The smallest absolute Gasteiger partial charge is 0.407 e. The van der Waals surface area contributed by atoms with Gasteiger partial charge in [0.15, 0.2) is 0 Å². The van der Waals surface area contributed by atoms with E-state index in [1.807, 2.05) is 36.4 Å². The zero-order valence-electron chi connectivity index (χ0n) is 17.0. The average molecular weight is 432 g/mol. The Hall–Kier alpha value is -4.20. The molecule has 0 spiro atoms. The quantitative estimate of drug-likeness (QED) is 0.258. The first-order valence-corrected chi connectivity index (χ1v) is 10.0. The van der Waals surface area contributed by atoms with E-state index >= 15 is 0 Å². The number of benzene rings is 3. The molecule has 4 rings (SSSR count). The van der Waals surface area contributed by atoms with E-state index in [2.05, 4.69) is 17.4 Å². The molecular formula is C24H20N2O6. The molecule has 0 atom stereocenters. The largest absolute Gasteiger partial charge is 0.460 e. The Morgan fingerprint density at radius 1 is 0.906 bits per heavy atom. The number of alkyl carbamates (subject to hydrolysis) is 1. The summed E-state index contributed by atoms with van der Waals surface area (Å²) in [6, 6.07) is 21.4. The van der Waals surface area contributed by atoms with Crippen LogP contribution in [0.3, 0.4) is 0 Å². The van der Waals surface area contributed by atoms with Crippen molar-refractivity contribution in [1.82, 2.24) is 5.32 Å². The molecule has 0 fully saturated rings. The highest BCUT2D eigenvalue weighted by Gasteiger charge is 2.28. The van der Waals surface area contributed by atoms with Gasteiger partial charge in [0.1, 0.15) is 13.2 Å². The van der Waals surface area contributed by atoms with Crippen molar-refractivity contribution >= 4 is 17.7 Å². The maximum absolute atomic E-state index is 12.1. The van der Waals surface area contributed by atoms with Gasteiger partial charge in [0.25, 0.3) is 5.69 Å². The molecule has 0 radical (unpaired) electrons. The number of carbonyl (C=O) groups is 2. The van der Waals surface area contributed by atoms with Crippen LogP contribution in [0.25, 0.3) is 11.1 Å². The third-order valence-corrected chi connectivity index (χ3v) is 5.24. The fourth-order valence-electron chi connectivity index (χ4n) is 3.78. The van der Waals surface area contributed by atoms with Crippen LogP contribution in [-0.2, 0) is 9.47 Å². The second kappa shape index (κ2) is 9.30. The topological polar surface area (TPSA) is 108 Å². The van der Waals surface area contributed by atoms with Gasteiger partial charge in [0.05, 0.1) is 17.0 Å². The molecule has 0 aliphatic heterocycles. The van der Waals surface area contributed by atoms with Crippen LogP contribution in [0.4, 0.5) is 10.5 Å². The Morgan fingerprint density at radius 2 is 1.56 bits per heavy atom. The van der Waals surface area contributed by atoms with Crippen LogP contribution in [0.5, 0.6) is 0 Å². The lowest BCUT2D eigenvalue weighted by atomic mass is 9.98. The van der Waals surface area contributed by atoms with Gasteiger partial charge in [-0.1, -0.05) is 54.6 Å². The van der Waals surface area contributed by atoms with Gasteiger partial charge in [0, 0.05) is 18.1 Å². The van der Waals surface area contributed by atoms with Crippen molar-refractivity contribution < 1.29 is 24.0 Å². The number of nitrogens with zero attached hydrogens (tertiary/aromatic N) is 1. The number of non-ortho nitro benzene ring substituents is 1. The van der Waals surface area contributed by atoms with E-state index in [9.17, 15) is 19.7 Å². The number of hydrogen-bond acceptors (Lipinski definition) is 6. The predicted molar refractivity (Wildman–Crippen MR) is 116 cm³/mol. The predicted octanol–water partition coefficient (Wildman–Crippen LogP) is 4.29. The highest BCUT2D eigenvalue weighted by atomic mass is 16.6. The Bertz CT molecular complexity index is 1130. The fourth-order valence-corrected chi connectivity index (χ4v) is 3.78. The summed E-state index contributed by atoms with van der Waals surface area (Å²) in [5.41, 5.74) is 4.40. The Morgan fingerprint density at radius 3 is 2.22 bits per heavy atom. The second-order valence-corrected chi connectivity index (χ2v) is 7.20. The van der Waals surface area contributed by atoms with Crippen molar-refractivity contribution in [2.45, 2.75) is 5.92 Å². The zero-order valence-corrected chi connectivity index (χ0v) is 17.0. The van der Waals surface area contributed by atoms with Crippen LogP contribution in [0, 0.1) is 10.1 Å². The molecular weight excluding hydrogens is 412 g/mol. The molecule has 8 nitrogen and oxygen atoms in total. The molecule has 0 heterocycles. The van der Waals surface area contributed by atoms with Crippen molar-refractivity contribution in [3.05, 3.63) is 99.6 Å². The summed E-state index contributed by atoms with van der Waals surface area (Å²) in [5, 5.41) is 13.3. The lowest BCUT2D eigenvalue weighted by Crippen LogP contribution is -2.29. The molecule has 8 heteroatoms. The van der Waals surface area contributed by atoms with Crippen LogP contribution in [0.1, 0.15) is 27.4 Å². The van der Waals surface area contributed by atoms with E-state index in [0.717, 1.165) is 28.3 Å². The minimum absolute atomic E-state index is 0.0418. The number of nitro benzene ring substituents is 1. The fraction of sp³-hybridized carbons (Fsp3) is 0.167. The van der Waals surface area contributed by atoms with Gasteiger partial charge in [0.2, 0.25) is 0 Å². The standard InChI is InChI=1S/C24H20N2O6/c27-23(16-6-5-7-17(14-16)26(29)30)31-13-12-25-24(28)32-15-22-20-10-3-1-8-18(20)19-9-2-4-11-21(19)22/h1-11,14,22H,12-13,15H2,(H,25,28). The molecule has 0 bridgehead atoms. The van der Waals surface area contributed by atoms with Crippen LogP contribution in [-0.4, -0.2) is 36.7 Å². The maximum atomic E-state index is 12.1. The van der Waals surface area contributed by atoms with E-state index in [1.165, 1.54) is 18.2 Å². The van der Waals surface area contributed by atoms with Crippen LogP contribution >= 0.6 is 0 Å². The van der Waals surface area contributed by atoms with Gasteiger partial charge in [-0.2, -0.15) is 0 Å². The molecule has 1 aliphatic carbocycles. The summed E-state index contributed by atoms with van der Waals surface area (Å²) < 4.78 is 10.5. The lowest BCUT2D eigenvalue weighted by Gasteiger charge is -2.14. The summed E-state index contributed by atoms with van der Waals surface area (Å²) in [4.78, 5) is 34.3. The normalized spacial score (nSPS) is 11.9. The number of carbonyl (C=O) groups excluding carboxylic acids is 2. The number of fused-ring (bicyclic) bond motifs is 3. The molecule has 0 saturated carbocycles. The van der Waals surface area contributed by atoms with Crippen molar-refractivity contribution in [2.24, 2.45) is 0 Å². The Kier molecular flexibility index (Phi) is 6.12. The van der Waals surface area contributed by atoms with E-state index in [1.54, 1.807) is 0 Å². The Labute approximate surface area is 183 Å². The van der Waals surface area contributed by atoms with Gasteiger partial charge in [-0.15, -0.1) is 0 Å². The number of ether oxygens (including phenoxy) is 2. The van der Waals surface area contributed by atoms with Crippen molar-refractivity contribution in [2.75, 3.05) is 19.8 Å². The number of amides is 1. The van der Waals surface area contributed by atoms with Crippen LogP contribution < -0.4 is 5.32 Å². The lowest BCUT2D eigenvalue weighted by molar-refractivity contribution is -0.384. The first-order chi connectivity index (χ1) is 15.5. The zero-order chi connectivity index (χ0) is 22.5. The van der Waals surface area contributed by atoms with E-state index < -0.39 is 17.0 Å². The summed E-state index contributed by atoms with van der Waals surface area (Å²) >= 11 is 0. The van der Waals surface area contributed by atoms with Crippen molar-refractivity contribution in [3.8, 4) is 11.1 Å². The van der Waals surface area contributed by atoms with Crippen molar-refractivity contribution in [3.63, 3.8) is 0 Å². The van der Waals surface area contributed by atoms with E-state index in [0.29, 0.717) is 0 Å². The third-order valence-electron chi connectivity index (χ3n) is 5.24. The molecule has 1 aliphatic rings. The SMILES string of the molecule is O=C(NCCOC(=O)c1cccc([N+](=O)[O-])c1)OCC1c2ccccc2-c2ccccc21. The minimum Gasteiger partial charge on any atom is -0.460 e. The van der Waals surface area contributed by atoms with Gasteiger partial charge < -0.3 is 14.8 Å². The van der Waals surface area contributed by atoms with E-state index in [-0.39, 0.29) is 36.9 Å². The monoisotopic (exact) mass is 432 g/mol. The minimum atomic E-state index is -0.706.